The fourth-order valence-corrected chi connectivity index (χ4v) is 3.95. The number of aromatic nitrogens is 4. The van der Waals surface area contributed by atoms with Crippen LogP contribution in [-0.2, 0) is 11.8 Å². The van der Waals surface area contributed by atoms with Crippen molar-refractivity contribution in [2.75, 3.05) is 11.1 Å². The lowest BCUT2D eigenvalue weighted by Crippen LogP contribution is -2.15. The van der Waals surface area contributed by atoms with E-state index in [4.69, 9.17) is 5.73 Å². The predicted molar refractivity (Wildman–Crippen MR) is 117 cm³/mol. The maximum absolute atomic E-state index is 13.8. The fraction of sp³-hybridized carbons (Fsp3) is 0.217. The van der Waals surface area contributed by atoms with E-state index in [1.807, 2.05) is 26.2 Å². The molecule has 1 amide bonds. The Morgan fingerprint density at radius 2 is 2.10 bits per heavy atom. The molecule has 0 aliphatic heterocycles. The molecule has 0 spiro atoms. The minimum Gasteiger partial charge on any atom is -0.383 e. The van der Waals surface area contributed by atoms with E-state index in [0.717, 1.165) is 22.9 Å². The number of halogens is 1. The molecule has 3 N–H and O–H groups in total. The number of carbonyl (C=O) groups excluding carboxylic acids is 1. The van der Waals surface area contributed by atoms with Crippen molar-refractivity contribution in [1.82, 2.24) is 19.7 Å². The molecule has 2 atom stereocenters. The van der Waals surface area contributed by atoms with Crippen LogP contribution < -0.4 is 11.1 Å². The molecule has 5 rings (SSSR count). The summed E-state index contributed by atoms with van der Waals surface area (Å²) >= 11 is 0. The maximum atomic E-state index is 13.8. The average molecular weight is 416 g/mol. The van der Waals surface area contributed by atoms with Gasteiger partial charge in [0.25, 0.3) is 0 Å². The first-order chi connectivity index (χ1) is 14.9. The Kier molecular flexibility index (Phi) is 4.43. The van der Waals surface area contributed by atoms with Gasteiger partial charge in [-0.3, -0.25) is 9.48 Å². The van der Waals surface area contributed by atoms with Crippen LogP contribution in [0.3, 0.4) is 0 Å². The Balaban J connectivity index is 1.42. The summed E-state index contributed by atoms with van der Waals surface area (Å²) in [5.41, 5.74) is 9.35. The van der Waals surface area contributed by atoms with Gasteiger partial charge in [0.05, 0.1) is 11.9 Å². The van der Waals surface area contributed by atoms with E-state index in [9.17, 15) is 9.18 Å². The normalized spacial score (nSPS) is 17.6. The Labute approximate surface area is 178 Å². The molecule has 156 valence electrons. The predicted octanol–water partition coefficient (Wildman–Crippen LogP) is 3.80. The summed E-state index contributed by atoms with van der Waals surface area (Å²) < 4.78 is 15.5. The molecule has 1 aliphatic rings. The van der Waals surface area contributed by atoms with Crippen molar-refractivity contribution in [3.8, 4) is 11.3 Å². The number of amides is 1. The number of aryl methyl sites for hydroxylation is 2. The molecule has 3 aromatic heterocycles. The number of rotatable bonds is 4. The third kappa shape index (κ3) is 3.61. The van der Waals surface area contributed by atoms with Crippen molar-refractivity contribution in [1.29, 1.82) is 0 Å². The average Bonchev–Trinajstić information content (AvgIpc) is 3.43. The summed E-state index contributed by atoms with van der Waals surface area (Å²) in [6, 6.07) is 8.17. The molecule has 2 unspecified atom stereocenters. The van der Waals surface area contributed by atoms with Gasteiger partial charge in [-0.1, -0.05) is 6.07 Å². The van der Waals surface area contributed by atoms with Crippen LogP contribution in [0.15, 0.2) is 48.9 Å². The van der Waals surface area contributed by atoms with Crippen molar-refractivity contribution in [2.45, 2.75) is 19.3 Å². The van der Waals surface area contributed by atoms with Crippen molar-refractivity contribution in [2.24, 2.45) is 13.0 Å². The number of carbonyl (C=O) groups is 1. The molecule has 7 nitrogen and oxygen atoms in total. The largest absolute Gasteiger partial charge is 0.383 e. The second kappa shape index (κ2) is 7.16. The van der Waals surface area contributed by atoms with Gasteiger partial charge in [-0.2, -0.15) is 5.10 Å². The summed E-state index contributed by atoms with van der Waals surface area (Å²) in [6.45, 7) is 1.89. The van der Waals surface area contributed by atoms with Gasteiger partial charge in [-0.05, 0) is 60.0 Å². The van der Waals surface area contributed by atoms with E-state index in [2.05, 4.69) is 20.4 Å². The summed E-state index contributed by atoms with van der Waals surface area (Å²) in [5, 5.41) is 8.53. The van der Waals surface area contributed by atoms with E-state index in [1.54, 1.807) is 29.2 Å². The first-order valence-corrected chi connectivity index (χ1v) is 10.0. The Morgan fingerprint density at radius 1 is 1.26 bits per heavy atom. The van der Waals surface area contributed by atoms with Gasteiger partial charge in [-0.15, -0.1) is 0 Å². The van der Waals surface area contributed by atoms with Crippen molar-refractivity contribution < 1.29 is 9.18 Å². The van der Waals surface area contributed by atoms with Crippen LogP contribution in [0.5, 0.6) is 0 Å². The Bertz CT molecular complexity index is 1330. The molecule has 3 heterocycles. The third-order valence-corrected chi connectivity index (χ3v) is 5.75. The van der Waals surface area contributed by atoms with Crippen LogP contribution in [0.2, 0.25) is 0 Å². The number of hydrogen-bond donors (Lipinski definition) is 2. The minimum atomic E-state index is -0.337. The van der Waals surface area contributed by atoms with Gasteiger partial charge in [0.1, 0.15) is 17.5 Å². The van der Waals surface area contributed by atoms with Gasteiger partial charge >= 0.3 is 0 Å². The lowest BCUT2D eigenvalue weighted by molar-refractivity contribution is -0.117. The van der Waals surface area contributed by atoms with Gasteiger partial charge in [-0.25, -0.2) is 14.4 Å². The number of anilines is 2. The zero-order valence-corrected chi connectivity index (χ0v) is 17.1. The number of pyridine rings is 2. The maximum Gasteiger partial charge on any atom is 0.229 e. The lowest BCUT2D eigenvalue weighted by atomic mass is 10.0. The standard InChI is InChI=1S/C23H21FN6O/c1-12-3-4-15(24)7-16(12)20-5-13-6-21(26-10-19(13)22(25)28-20)29-23(31)18-8-17(18)14-9-27-30(2)11-14/h3-7,9-11,17-18H,8H2,1-2H3,(H2,25,28)(H,26,29,31). The molecule has 4 aromatic rings. The lowest BCUT2D eigenvalue weighted by Gasteiger charge is -2.10. The van der Waals surface area contributed by atoms with E-state index >= 15 is 0 Å². The zero-order valence-electron chi connectivity index (χ0n) is 17.1. The summed E-state index contributed by atoms with van der Waals surface area (Å²) in [6.07, 6.45) is 6.14. The smallest absolute Gasteiger partial charge is 0.229 e. The molecule has 1 aromatic carbocycles. The molecular formula is C23H21FN6O. The number of nitrogen functional groups attached to an aromatic ring is 1. The fourth-order valence-electron chi connectivity index (χ4n) is 3.95. The topological polar surface area (TPSA) is 98.7 Å². The van der Waals surface area contributed by atoms with Gasteiger partial charge in [0.15, 0.2) is 0 Å². The number of fused-ring (bicyclic) bond motifs is 1. The highest BCUT2D eigenvalue weighted by atomic mass is 19.1. The quantitative estimate of drug-likeness (QED) is 0.527. The third-order valence-electron chi connectivity index (χ3n) is 5.75. The monoisotopic (exact) mass is 416 g/mol. The molecule has 0 radical (unpaired) electrons. The molecule has 1 fully saturated rings. The second-order valence-electron chi connectivity index (χ2n) is 8.03. The highest BCUT2D eigenvalue weighted by Crippen LogP contribution is 2.47. The van der Waals surface area contributed by atoms with Crippen LogP contribution in [-0.4, -0.2) is 25.7 Å². The molecule has 1 saturated carbocycles. The number of nitrogens with zero attached hydrogens (tertiary/aromatic N) is 4. The number of hydrogen-bond acceptors (Lipinski definition) is 5. The van der Waals surface area contributed by atoms with E-state index in [-0.39, 0.29) is 23.6 Å². The van der Waals surface area contributed by atoms with Crippen molar-refractivity contribution in [3.05, 3.63) is 65.9 Å². The summed E-state index contributed by atoms with van der Waals surface area (Å²) in [4.78, 5) is 21.4. The molecule has 0 bridgehead atoms. The van der Waals surface area contributed by atoms with Gasteiger partial charge < -0.3 is 11.1 Å². The molecule has 1 aliphatic carbocycles. The van der Waals surface area contributed by atoms with Gasteiger partial charge in [0.2, 0.25) is 5.91 Å². The highest BCUT2D eigenvalue weighted by molar-refractivity contribution is 5.98. The zero-order chi connectivity index (χ0) is 21.7. The first-order valence-electron chi connectivity index (χ1n) is 10.0. The Hall–Kier alpha value is -3.81. The number of nitrogens with two attached hydrogens (primary N) is 1. The van der Waals surface area contributed by atoms with Crippen molar-refractivity contribution in [3.63, 3.8) is 0 Å². The van der Waals surface area contributed by atoms with Gasteiger partial charge in [0, 0.05) is 36.3 Å². The number of benzene rings is 1. The molecular weight excluding hydrogens is 395 g/mol. The van der Waals surface area contributed by atoms with Crippen molar-refractivity contribution >= 4 is 28.3 Å². The van der Waals surface area contributed by atoms with E-state index < -0.39 is 0 Å². The van der Waals surface area contributed by atoms with Crippen LogP contribution in [0, 0.1) is 18.7 Å². The summed E-state index contributed by atoms with van der Waals surface area (Å²) in [5.74, 6) is 0.453. The SMILES string of the molecule is Cc1ccc(F)cc1-c1cc2cc(NC(=O)C3CC3c3cnn(C)c3)ncc2c(N)n1. The second-order valence-corrected chi connectivity index (χ2v) is 8.03. The first kappa shape index (κ1) is 19.2. The van der Waals surface area contributed by atoms with E-state index in [0.29, 0.717) is 28.3 Å². The molecule has 31 heavy (non-hydrogen) atoms. The molecule has 0 saturated heterocycles. The van der Waals surface area contributed by atoms with Crippen LogP contribution in [0.4, 0.5) is 16.0 Å². The molecule has 8 heteroatoms. The number of nitrogens with one attached hydrogen (secondary N) is 1. The highest BCUT2D eigenvalue weighted by Gasteiger charge is 2.44. The van der Waals surface area contributed by atoms with Crippen LogP contribution in [0.25, 0.3) is 22.0 Å². The summed E-state index contributed by atoms with van der Waals surface area (Å²) in [7, 11) is 1.86. The minimum absolute atomic E-state index is 0.0658. The Morgan fingerprint density at radius 3 is 2.87 bits per heavy atom. The van der Waals surface area contributed by atoms with E-state index in [1.165, 1.54) is 12.1 Å². The van der Waals surface area contributed by atoms with Crippen LogP contribution >= 0.6 is 0 Å². The van der Waals surface area contributed by atoms with Crippen LogP contribution in [0.1, 0.15) is 23.5 Å².